The molecule has 1 rings (SSSR count). The average molecular weight is 237 g/mol. The van der Waals surface area contributed by atoms with E-state index < -0.39 is 22.9 Å². The molecule has 0 fully saturated rings. The Hall–Kier alpha value is -1.36. The van der Waals surface area contributed by atoms with E-state index in [1.165, 1.54) is 0 Å². The molecule has 0 aromatic heterocycles. The summed E-state index contributed by atoms with van der Waals surface area (Å²) >= 11 is 5.44. The molecule has 0 aliphatic carbocycles. The Kier molecular flexibility index (Phi) is 3.14. The number of halogens is 4. The lowest BCUT2D eigenvalue weighted by Gasteiger charge is -2.11. The number of carbonyl (C=O) groups is 2. The number of carbonyl (C=O) groups excluding carboxylic acids is 2. The van der Waals surface area contributed by atoms with Crippen LogP contribution in [-0.4, -0.2) is 12.6 Å². The number of aldehydes is 2. The second kappa shape index (κ2) is 4.02. The molecule has 0 radical (unpaired) electrons. The standard InChI is InChI=1S/C9H4ClF3O2/c10-7-1-5(3-14)8(9(11,12)13)6(2-7)4-15/h1-4H. The van der Waals surface area contributed by atoms with Gasteiger partial charge in [0.05, 0.1) is 5.56 Å². The highest BCUT2D eigenvalue weighted by atomic mass is 35.5. The van der Waals surface area contributed by atoms with Crippen LogP contribution in [0.5, 0.6) is 0 Å². The van der Waals surface area contributed by atoms with Gasteiger partial charge in [-0.1, -0.05) is 11.6 Å². The number of alkyl halides is 3. The van der Waals surface area contributed by atoms with Gasteiger partial charge in [0.15, 0.2) is 12.6 Å². The van der Waals surface area contributed by atoms with Crippen LogP contribution in [0.1, 0.15) is 26.3 Å². The SMILES string of the molecule is O=Cc1cc(Cl)cc(C=O)c1C(F)(F)F. The Labute approximate surface area is 87.6 Å². The summed E-state index contributed by atoms with van der Waals surface area (Å²) in [6.07, 6.45) is -4.72. The maximum absolute atomic E-state index is 12.5. The largest absolute Gasteiger partial charge is 0.417 e. The molecule has 0 saturated carbocycles. The van der Waals surface area contributed by atoms with E-state index >= 15 is 0 Å². The van der Waals surface area contributed by atoms with Crippen LogP contribution in [0.15, 0.2) is 12.1 Å². The fourth-order valence-corrected chi connectivity index (χ4v) is 1.40. The van der Waals surface area contributed by atoms with E-state index in [9.17, 15) is 22.8 Å². The number of hydrogen-bond acceptors (Lipinski definition) is 2. The molecule has 1 aromatic rings. The summed E-state index contributed by atoms with van der Waals surface area (Å²) in [5.74, 6) is 0. The van der Waals surface area contributed by atoms with Gasteiger partial charge in [0.25, 0.3) is 0 Å². The van der Waals surface area contributed by atoms with Crippen molar-refractivity contribution in [2.24, 2.45) is 0 Å². The highest BCUT2D eigenvalue weighted by Gasteiger charge is 2.36. The van der Waals surface area contributed by atoms with E-state index in [0.717, 1.165) is 12.1 Å². The molecule has 0 amide bonds. The van der Waals surface area contributed by atoms with E-state index in [2.05, 4.69) is 0 Å². The molecule has 0 aliphatic heterocycles. The maximum atomic E-state index is 12.5. The van der Waals surface area contributed by atoms with E-state index in [0.29, 0.717) is 0 Å². The Bertz CT molecular complexity index is 383. The molecule has 0 unspecified atom stereocenters. The quantitative estimate of drug-likeness (QED) is 0.740. The molecule has 0 spiro atoms. The lowest BCUT2D eigenvalue weighted by atomic mass is 10.0. The molecule has 0 heterocycles. The fraction of sp³-hybridized carbons (Fsp3) is 0.111. The summed E-state index contributed by atoms with van der Waals surface area (Å²) in [5.41, 5.74) is -2.54. The summed E-state index contributed by atoms with van der Waals surface area (Å²) in [6, 6.07) is 1.73. The molecule has 2 nitrogen and oxygen atoms in total. The van der Waals surface area contributed by atoms with Gasteiger partial charge >= 0.3 is 6.18 Å². The van der Waals surface area contributed by atoms with Crippen LogP contribution in [0.4, 0.5) is 13.2 Å². The first-order chi connectivity index (χ1) is 6.90. The van der Waals surface area contributed by atoms with E-state index in [1.54, 1.807) is 0 Å². The van der Waals surface area contributed by atoms with Gasteiger partial charge in [0.1, 0.15) is 0 Å². The lowest BCUT2D eigenvalue weighted by molar-refractivity contribution is -0.138. The van der Waals surface area contributed by atoms with Gasteiger partial charge < -0.3 is 0 Å². The Morgan fingerprint density at radius 1 is 1.07 bits per heavy atom. The highest BCUT2D eigenvalue weighted by molar-refractivity contribution is 6.31. The van der Waals surface area contributed by atoms with Gasteiger partial charge in [-0.2, -0.15) is 13.2 Å². The van der Waals surface area contributed by atoms with Crippen molar-refractivity contribution in [3.05, 3.63) is 33.8 Å². The number of hydrogen-bond donors (Lipinski definition) is 0. The van der Waals surface area contributed by atoms with Crippen molar-refractivity contribution in [1.82, 2.24) is 0 Å². The monoisotopic (exact) mass is 236 g/mol. The normalized spacial score (nSPS) is 11.2. The smallest absolute Gasteiger partial charge is 0.298 e. The zero-order chi connectivity index (χ0) is 11.6. The first kappa shape index (κ1) is 11.7. The van der Waals surface area contributed by atoms with Crippen molar-refractivity contribution in [2.75, 3.05) is 0 Å². The zero-order valence-corrected chi connectivity index (χ0v) is 7.89. The lowest BCUT2D eigenvalue weighted by Crippen LogP contribution is -2.12. The van der Waals surface area contributed by atoms with E-state index in [4.69, 9.17) is 11.6 Å². The molecule has 0 saturated heterocycles. The third kappa shape index (κ3) is 2.36. The van der Waals surface area contributed by atoms with Crippen molar-refractivity contribution in [3.8, 4) is 0 Å². The van der Waals surface area contributed by atoms with Gasteiger partial charge in [-0.15, -0.1) is 0 Å². The number of benzene rings is 1. The summed E-state index contributed by atoms with van der Waals surface area (Å²) in [4.78, 5) is 20.8. The van der Waals surface area contributed by atoms with E-state index in [-0.39, 0.29) is 17.6 Å². The molecule has 15 heavy (non-hydrogen) atoms. The van der Waals surface area contributed by atoms with Gasteiger partial charge in [-0.3, -0.25) is 9.59 Å². The third-order valence-corrected chi connectivity index (χ3v) is 1.92. The van der Waals surface area contributed by atoms with Crippen LogP contribution in [0.25, 0.3) is 0 Å². The predicted octanol–water partition coefficient (Wildman–Crippen LogP) is 2.98. The minimum Gasteiger partial charge on any atom is -0.298 e. The van der Waals surface area contributed by atoms with Crippen LogP contribution in [0.2, 0.25) is 5.02 Å². The number of rotatable bonds is 2. The molecular formula is C9H4ClF3O2. The first-order valence-corrected chi connectivity index (χ1v) is 4.09. The van der Waals surface area contributed by atoms with Crippen LogP contribution in [0.3, 0.4) is 0 Å². The Morgan fingerprint density at radius 3 is 1.73 bits per heavy atom. The highest BCUT2D eigenvalue weighted by Crippen LogP contribution is 2.35. The zero-order valence-electron chi connectivity index (χ0n) is 7.14. The Morgan fingerprint density at radius 2 is 1.47 bits per heavy atom. The molecule has 0 atom stereocenters. The van der Waals surface area contributed by atoms with Gasteiger partial charge in [-0.05, 0) is 12.1 Å². The second-order valence-corrected chi connectivity index (χ2v) is 3.13. The van der Waals surface area contributed by atoms with Crippen LogP contribution >= 0.6 is 11.6 Å². The summed E-state index contributed by atoms with van der Waals surface area (Å²) in [6.45, 7) is 0. The molecule has 1 aromatic carbocycles. The second-order valence-electron chi connectivity index (χ2n) is 2.69. The van der Waals surface area contributed by atoms with Crippen molar-refractivity contribution >= 4 is 24.2 Å². The van der Waals surface area contributed by atoms with E-state index in [1.807, 2.05) is 0 Å². The molecular weight excluding hydrogens is 233 g/mol. The topological polar surface area (TPSA) is 34.1 Å². The van der Waals surface area contributed by atoms with Crippen LogP contribution < -0.4 is 0 Å². The van der Waals surface area contributed by atoms with Crippen molar-refractivity contribution < 1.29 is 22.8 Å². The first-order valence-electron chi connectivity index (χ1n) is 3.71. The molecule has 80 valence electrons. The third-order valence-electron chi connectivity index (χ3n) is 1.70. The van der Waals surface area contributed by atoms with Crippen LogP contribution in [-0.2, 0) is 6.18 Å². The van der Waals surface area contributed by atoms with Gasteiger partial charge in [0.2, 0.25) is 0 Å². The summed E-state index contributed by atoms with van der Waals surface area (Å²) in [7, 11) is 0. The Balaban J connectivity index is 3.58. The predicted molar refractivity (Wildman–Crippen MR) is 47.2 cm³/mol. The van der Waals surface area contributed by atoms with Crippen molar-refractivity contribution in [2.45, 2.75) is 6.18 Å². The maximum Gasteiger partial charge on any atom is 0.417 e. The minimum absolute atomic E-state index is 0.0156. The molecule has 0 bridgehead atoms. The molecule has 0 aliphatic rings. The minimum atomic E-state index is -4.75. The summed E-state index contributed by atoms with van der Waals surface area (Å²) < 4.78 is 37.4. The van der Waals surface area contributed by atoms with Gasteiger partial charge in [-0.25, -0.2) is 0 Å². The molecule has 6 heteroatoms. The average Bonchev–Trinajstić information content (AvgIpc) is 2.14. The van der Waals surface area contributed by atoms with Crippen molar-refractivity contribution in [3.63, 3.8) is 0 Å². The van der Waals surface area contributed by atoms with Crippen LogP contribution in [0, 0.1) is 0 Å². The van der Waals surface area contributed by atoms with Crippen molar-refractivity contribution in [1.29, 1.82) is 0 Å². The van der Waals surface area contributed by atoms with Gasteiger partial charge in [0, 0.05) is 16.1 Å². The summed E-state index contributed by atoms with van der Waals surface area (Å²) in [5, 5.41) is -0.0906. The molecule has 0 N–H and O–H groups in total. The fourth-order valence-electron chi connectivity index (χ4n) is 1.16.